The van der Waals surface area contributed by atoms with Crippen LogP contribution in [0.5, 0.6) is 5.75 Å². The second-order valence-corrected chi connectivity index (χ2v) is 5.23. The summed E-state index contributed by atoms with van der Waals surface area (Å²) in [4.78, 5) is 10.6. The summed E-state index contributed by atoms with van der Waals surface area (Å²) >= 11 is 17.9. The molecule has 6 heteroatoms. The molecule has 0 saturated carbocycles. The highest BCUT2D eigenvalue weighted by Crippen LogP contribution is 2.39. The third kappa shape index (κ3) is 3.57. The predicted molar refractivity (Wildman–Crippen MR) is 80.0 cm³/mol. The molecule has 0 unspecified atom stereocenters. The monoisotopic (exact) mass is 330 g/mol. The highest BCUT2D eigenvalue weighted by Gasteiger charge is 2.14. The van der Waals surface area contributed by atoms with E-state index in [9.17, 15) is 4.79 Å². The van der Waals surface area contributed by atoms with Crippen molar-refractivity contribution in [2.45, 2.75) is 0 Å². The molecule has 0 saturated heterocycles. The molecular weight excluding hydrogens is 323 g/mol. The molecule has 0 bridgehead atoms. The SMILES string of the molecule is O=C(O)COc1c(Cl)cc(Cl)cc1-c1ccc(Cl)cc1. The van der Waals surface area contributed by atoms with Gasteiger partial charge in [-0.3, -0.25) is 0 Å². The Kier molecular flexibility index (Phi) is 4.76. The largest absolute Gasteiger partial charge is 0.480 e. The average molecular weight is 332 g/mol. The zero-order valence-corrected chi connectivity index (χ0v) is 12.3. The first-order valence-electron chi connectivity index (χ1n) is 5.57. The van der Waals surface area contributed by atoms with E-state index in [0.29, 0.717) is 15.6 Å². The summed E-state index contributed by atoms with van der Waals surface area (Å²) in [5.41, 5.74) is 1.39. The molecule has 0 fully saturated rings. The van der Waals surface area contributed by atoms with Crippen molar-refractivity contribution in [3.8, 4) is 16.9 Å². The van der Waals surface area contributed by atoms with Crippen molar-refractivity contribution in [1.29, 1.82) is 0 Å². The third-order valence-corrected chi connectivity index (χ3v) is 3.25. The molecule has 0 spiro atoms. The summed E-state index contributed by atoms with van der Waals surface area (Å²) in [7, 11) is 0. The quantitative estimate of drug-likeness (QED) is 0.877. The van der Waals surface area contributed by atoms with Gasteiger partial charge in [-0.1, -0.05) is 46.9 Å². The van der Waals surface area contributed by atoms with Crippen LogP contribution < -0.4 is 4.74 Å². The summed E-state index contributed by atoms with van der Waals surface area (Å²) in [6.07, 6.45) is 0. The van der Waals surface area contributed by atoms with Crippen molar-refractivity contribution in [1.82, 2.24) is 0 Å². The molecule has 0 heterocycles. The van der Waals surface area contributed by atoms with Gasteiger partial charge in [-0.15, -0.1) is 0 Å². The van der Waals surface area contributed by atoms with E-state index in [1.165, 1.54) is 6.07 Å². The highest BCUT2D eigenvalue weighted by atomic mass is 35.5. The van der Waals surface area contributed by atoms with Gasteiger partial charge >= 0.3 is 5.97 Å². The second kappa shape index (κ2) is 6.35. The highest BCUT2D eigenvalue weighted by molar-refractivity contribution is 6.36. The van der Waals surface area contributed by atoms with Crippen LogP contribution in [-0.4, -0.2) is 17.7 Å². The number of carbonyl (C=O) groups is 1. The first-order valence-corrected chi connectivity index (χ1v) is 6.70. The molecule has 104 valence electrons. The molecule has 0 aliphatic carbocycles. The number of halogens is 3. The smallest absolute Gasteiger partial charge is 0.341 e. The van der Waals surface area contributed by atoms with Crippen molar-refractivity contribution < 1.29 is 14.6 Å². The Hall–Kier alpha value is -1.42. The van der Waals surface area contributed by atoms with Crippen LogP contribution in [0.3, 0.4) is 0 Å². The van der Waals surface area contributed by atoms with Crippen LogP contribution in [0.4, 0.5) is 0 Å². The van der Waals surface area contributed by atoms with E-state index < -0.39 is 12.6 Å². The van der Waals surface area contributed by atoms with Gasteiger partial charge in [0, 0.05) is 15.6 Å². The normalized spacial score (nSPS) is 10.3. The van der Waals surface area contributed by atoms with E-state index in [2.05, 4.69) is 0 Å². The average Bonchev–Trinajstić information content (AvgIpc) is 2.37. The number of hydrogen-bond acceptors (Lipinski definition) is 2. The van der Waals surface area contributed by atoms with E-state index >= 15 is 0 Å². The van der Waals surface area contributed by atoms with Crippen LogP contribution in [0, 0.1) is 0 Å². The van der Waals surface area contributed by atoms with Crippen LogP contribution in [0.25, 0.3) is 11.1 Å². The molecule has 2 aromatic carbocycles. The van der Waals surface area contributed by atoms with Gasteiger partial charge in [0.25, 0.3) is 0 Å². The molecule has 0 aliphatic rings. The summed E-state index contributed by atoms with van der Waals surface area (Å²) in [6.45, 7) is -0.484. The van der Waals surface area contributed by atoms with Crippen molar-refractivity contribution in [2.75, 3.05) is 6.61 Å². The van der Waals surface area contributed by atoms with Crippen molar-refractivity contribution >= 4 is 40.8 Å². The predicted octanol–water partition coefficient (Wildman–Crippen LogP) is 4.78. The third-order valence-electron chi connectivity index (χ3n) is 2.50. The maximum Gasteiger partial charge on any atom is 0.341 e. The molecule has 2 rings (SSSR count). The van der Waals surface area contributed by atoms with E-state index in [4.69, 9.17) is 44.6 Å². The minimum absolute atomic E-state index is 0.253. The number of carboxylic acid groups (broad SMARTS) is 1. The van der Waals surface area contributed by atoms with Crippen LogP contribution in [0.2, 0.25) is 15.1 Å². The molecule has 0 aliphatic heterocycles. The minimum Gasteiger partial charge on any atom is -0.480 e. The number of ether oxygens (including phenoxy) is 1. The molecule has 3 nitrogen and oxygen atoms in total. The van der Waals surface area contributed by atoms with Crippen LogP contribution in [-0.2, 0) is 4.79 Å². The molecule has 0 aromatic heterocycles. The molecule has 0 atom stereocenters. The zero-order chi connectivity index (χ0) is 14.7. The molecule has 0 radical (unpaired) electrons. The van der Waals surface area contributed by atoms with Gasteiger partial charge in [-0.05, 0) is 29.8 Å². The van der Waals surface area contributed by atoms with Gasteiger partial charge < -0.3 is 9.84 Å². The Morgan fingerprint density at radius 1 is 1.05 bits per heavy atom. The maximum absolute atomic E-state index is 10.6. The van der Waals surface area contributed by atoms with Crippen LogP contribution in [0.1, 0.15) is 0 Å². The number of hydrogen-bond donors (Lipinski definition) is 1. The summed E-state index contributed by atoms with van der Waals surface area (Å²) in [5.74, 6) is -0.807. The second-order valence-electron chi connectivity index (χ2n) is 3.95. The fraction of sp³-hybridized carbons (Fsp3) is 0.0714. The molecule has 0 amide bonds. The van der Waals surface area contributed by atoms with Crippen molar-refractivity contribution in [2.24, 2.45) is 0 Å². The maximum atomic E-state index is 10.6. The van der Waals surface area contributed by atoms with E-state index in [1.807, 2.05) is 0 Å². The van der Waals surface area contributed by atoms with Crippen LogP contribution in [0.15, 0.2) is 36.4 Å². The fourth-order valence-corrected chi connectivity index (χ4v) is 2.36. The van der Waals surface area contributed by atoms with Crippen LogP contribution >= 0.6 is 34.8 Å². The zero-order valence-electron chi connectivity index (χ0n) is 10.1. The Morgan fingerprint density at radius 2 is 1.70 bits per heavy atom. The Balaban J connectivity index is 2.49. The fourth-order valence-electron chi connectivity index (χ4n) is 1.68. The lowest BCUT2D eigenvalue weighted by Gasteiger charge is -2.13. The molecule has 20 heavy (non-hydrogen) atoms. The summed E-state index contributed by atoms with van der Waals surface area (Å²) in [6, 6.07) is 10.1. The van der Waals surface area contributed by atoms with Gasteiger partial charge in [-0.2, -0.15) is 0 Å². The topological polar surface area (TPSA) is 46.5 Å². The number of aliphatic carboxylic acids is 1. The van der Waals surface area contributed by atoms with Gasteiger partial charge in [0.05, 0.1) is 5.02 Å². The Morgan fingerprint density at radius 3 is 2.30 bits per heavy atom. The van der Waals surface area contributed by atoms with Crippen molar-refractivity contribution in [3.63, 3.8) is 0 Å². The van der Waals surface area contributed by atoms with E-state index in [-0.39, 0.29) is 10.8 Å². The Bertz CT molecular complexity index is 639. The van der Waals surface area contributed by atoms with Gasteiger partial charge in [0.2, 0.25) is 0 Å². The minimum atomic E-state index is -1.09. The van der Waals surface area contributed by atoms with Crippen molar-refractivity contribution in [3.05, 3.63) is 51.5 Å². The van der Waals surface area contributed by atoms with Gasteiger partial charge in [-0.25, -0.2) is 4.79 Å². The lowest BCUT2D eigenvalue weighted by molar-refractivity contribution is -0.139. The molecule has 1 N–H and O–H groups in total. The van der Waals surface area contributed by atoms with Gasteiger partial charge in [0.15, 0.2) is 6.61 Å². The van der Waals surface area contributed by atoms with E-state index in [1.54, 1.807) is 30.3 Å². The number of benzene rings is 2. The number of carboxylic acids is 1. The van der Waals surface area contributed by atoms with Gasteiger partial charge in [0.1, 0.15) is 5.75 Å². The first-order chi connectivity index (χ1) is 9.47. The summed E-state index contributed by atoms with van der Waals surface area (Å²) in [5, 5.41) is 9.99. The van der Waals surface area contributed by atoms with E-state index in [0.717, 1.165) is 5.56 Å². The first kappa shape index (κ1) is 15.0. The lowest BCUT2D eigenvalue weighted by Crippen LogP contribution is -2.10. The lowest BCUT2D eigenvalue weighted by atomic mass is 10.0. The molecule has 2 aromatic rings. The standard InChI is InChI=1S/C14H9Cl3O3/c15-9-3-1-8(2-4-9)11-5-10(16)6-12(17)14(11)20-7-13(18)19/h1-6H,7H2,(H,18,19). The Labute approximate surface area is 130 Å². The summed E-state index contributed by atoms with van der Waals surface area (Å²) < 4.78 is 5.25. The molecular formula is C14H9Cl3O3. The number of rotatable bonds is 4.